The van der Waals surface area contributed by atoms with E-state index in [2.05, 4.69) is 75.4 Å². The van der Waals surface area contributed by atoms with Gasteiger partial charge in [-0.05, 0) is 60.8 Å². The van der Waals surface area contributed by atoms with Crippen LogP contribution in [0.2, 0.25) is 36.3 Å². The quantitative estimate of drug-likeness (QED) is 0.154. The number of methoxy groups -OCH3 is 1. The standard InChI is InChI=1S/C34H58O9Si2/c1-14-45(15-2,16-3)43-23-18-33(10)24(35)17-21(29(37)39-11)27(36)26(33)28-34(41-30(38)40-28)19-22(20(4)25(23)32(34,8)9)42-44(12,13)31(5,6)7/h22-24,26,28,35-36H,14-19H2,1-13H3/t22-,23+,24-,26-,28-,33+,34+/m0/s1. The van der Waals surface area contributed by atoms with Gasteiger partial charge in [-0.3, -0.25) is 0 Å². The Morgan fingerprint density at radius 2 is 1.60 bits per heavy atom. The monoisotopic (exact) mass is 666 g/mol. The molecule has 11 heteroatoms. The van der Waals surface area contributed by atoms with Crippen molar-refractivity contribution in [2.45, 2.75) is 155 Å². The first kappa shape index (κ1) is 36.2. The zero-order valence-corrected chi connectivity index (χ0v) is 31.9. The summed E-state index contributed by atoms with van der Waals surface area (Å²) in [5.41, 5.74) is -0.992. The molecule has 4 aliphatic rings. The predicted molar refractivity (Wildman–Crippen MR) is 178 cm³/mol. The number of ether oxygens (including phenoxy) is 3. The van der Waals surface area contributed by atoms with Crippen LogP contribution >= 0.6 is 0 Å². The lowest BCUT2D eigenvalue weighted by Gasteiger charge is -2.60. The van der Waals surface area contributed by atoms with Crippen molar-refractivity contribution in [3.8, 4) is 0 Å². The van der Waals surface area contributed by atoms with Gasteiger partial charge in [0.25, 0.3) is 0 Å². The molecule has 1 heterocycles. The van der Waals surface area contributed by atoms with Crippen molar-refractivity contribution in [1.82, 2.24) is 0 Å². The average molecular weight is 667 g/mol. The molecule has 9 nitrogen and oxygen atoms in total. The second-order valence-electron chi connectivity index (χ2n) is 16.2. The number of esters is 1. The van der Waals surface area contributed by atoms with Crippen LogP contribution in [0.25, 0.3) is 0 Å². The van der Waals surface area contributed by atoms with Gasteiger partial charge in [-0.1, -0.05) is 62.3 Å². The molecular formula is C34H58O9Si2. The fraction of sp³-hybridized carbons (Fsp3) is 0.824. The molecule has 3 aliphatic carbocycles. The van der Waals surface area contributed by atoms with Gasteiger partial charge in [-0.2, -0.15) is 0 Å². The van der Waals surface area contributed by atoms with Crippen LogP contribution in [-0.4, -0.2) is 76.1 Å². The molecule has 2 fully saturated rings. The lowest BCUT2D eigenvalue weighted by Crippen LogP contribution is -2.68. The Kier molecular flexibility index (Phi) is 9.48. The van der Waals surface area contributed by atoms with E-state index in [-0.39, 0.29) is 28.9 Å². The highest BCUT2D eigenvalue weighted by molar-refractivity contribution is 6.74. The number of rotatable bonds is 8. The molecule has 7 atom stereocenters. The molecule has 4 rings (SSSR count). The van der Waals surface area contributed by atoms with Gasteiger partial charge in [0.1, 0.15) is 5.76 Å². The number of carbonyl (C=O) groups is 2. The van der Waals surface area contributed by atoms with Crippen molar-refractivity contribution in [3.63, 3.8) is 0 Å². The molecule has 0 radical (unpaired) electrons. The summed E-state index contributed by atoms with van der Waals surface area (Å²) in [6.45, 7) is 25.8. The normalized spacial score (nSPS) is 35.2. The average Bonchev–Trinajstić information content (AvgIpc) is 3.27. The second kappa shape index (κ2) is 11.8. The molecule has 1 spiro atoms. The maximum Gasteiger partial charge on any atom is 0.509 e. The highest BCUT2D eigenvalue weighted by atomic mass is 28.4. The Labute approximate surface area is 272 Å². The van der Waals surface area contributed by atoms with Gasteiger partial charge in [-0.25, -0.2) is 9.59 Å². The summed E-state index contributed by atoms with van der Waals surface area (Å²) in [6.07, 6.45) is -3.11. The van der Waals surface area contributed by atoms with Crippen LogP contribution in [-0.2, 0) is 27.9 Å². The van der Waals surface area contributed by atoms with E-state index in [1.165, 1.54) is 7.11 Å². The summed E-state index contributed by atoms with van der Waals surface area (Å²) in [7, 11) is -3.31. The van der Waals surface area contributed by atoms with Crippen molar-refractivity contribution < 1.29 is 42.9 Å². The number of aliphatic hydroxyl groups excluding tert-OH is 2. The molecule has 2 bridgehead atoms. The Morgan fingerprint density at radius 3 is 2.11 bits per heavy atom. The van der Waals surface area contributed by atoms with E-state index in [1.807, 2.05) is 6.92 Å². The first-order chi connectivity index (χ1) is 20.6. The van der Waals surface area contributed by atoms with Gasteiger partial charge in [0.2, 0.25) is 0 Å². The minimum absolute atomic E-state index is 0.00218. The van der Waals surface area contributed by atoms with Crippen molar-refractivity contribution in [3.05, 3.63) is 22.5 Å². The minimum Gasteiger partial charge on any atom is -0.511 e. The molecule has 0 amide bonds. The van der Waals surface area contributed by atoms with Gasteiger partial charge in [0.15, 0.2) is 28.3 Å². The topological polar surface area (TPSA) is 121 Å². The maximum atomic E-state index is 13.4. The van der Waals surface area contributed by atoms with Crippen LogP contribution < -0.4 is 0 Å². The number of hydrogen-bond donors (Lipinski definition) is 2. The molecule has 0 aromatic rings. The Morgan fingerprint density at radius 1 is 1.02 bits per heavy atom. The van der Waals surface area contributed by atoms with Gasteiger partial charge in [0.05, 0.1) is 36.9 Å². The Bertz CT molecular complexity index is 1250. The van der Waals surface area contributed by atoms with Crippen molar-refractivity contribution in [2.75, 3.05) is 7.11 Å². The summed E-state index contributed by atoms with van der Waals surface area (Å²) in [5.74, 6) is -1.87. The molecule has 0 unspecified atom stereocenters. The van der Waals surface area contributed by atoms with E-state index < -0.39 is 69.4 Å². The third kappa shape index (κ3) is 5.46. The van der Waals surface area contributed by atoms with Crippen molar-refractivity contribution in [2.24, 2.45) is 16.7 Å². The van der Waals surface area contributed by atoms with Crippen molar-refractivity contribution >= 4 is 28.8 Å². The summed E-state index contributed by atoms with van der Waals surface area (Å²) in [6, 6.07) is 2.79. The van der Waals surface area contributed by atoms with Gasteiger partial charge in [-0.15, -0.1) is 0 Å². The van der Waals surface area contributed by atoms with Crippen LogP contribution in [0.1, 0.15) is 88.5 Å². The molecule has 1 saturated carbocycles. The van der Waals surface area contributed by atoms with Gasteiger partial charge < -0.3 is 33.3 Å². The third-order valence-electron chi connectivity index (χ3n) is 12.8. The molecule has 1 saturated heterocycles. The van der Waals surface area contributed by atoms with Crippen LogP contribution in [0.3, 0.4) is 0 Å². The number of fused-ring (bicyclic) bond motifs is 3. The van der Waals surface area contributed by atoms with E-state index in [1.54, 1.807) is 0 Å². The van der Waals surface area contributed by atoms with Crippen LogP contribution in [0.15, 0.2) is 22.5 Å². The minimum atomic E-state index is -2.32. The first-order valence-corrected chi connectivity index (χ1v) is 22.2. The SMILES string of the molecule is CC[Si](CC)(CC)O[C@@H]1C[C@]2(C)[C@@H](O)CC(C(=O)OC)=C(O)[C@H]2[C@@H]2OC(=O)O[C@]23C[C@H](O[Si](C)(C)C(C)(C)C)C(C)=C1C3(C)C. The number of carbonyl (C=O) groups excluding carboxylic acids is 2. The van der Waals surface area contributed by atoms with Crippen molar-refractivity contribution in [1.29, 1.82) is 0 Å². The molecular weight excluding hydrogens is 609 g/mol. The van der Waals surface area contributed by atoms with E-state index >= 15 is 0 Å². The smallest absolute Gasteiger partial charge is 0.509 e. The molecule has 0 aromatic heterocycles. The second-order valence-corrected chi connectivity index (χ2v) is 25.7. The lowest BCUT2D eigenvalue weighted by molar-refractivity contribution is -0.164. The molecule has 256 valence electrons. The van der Waals surface area contributed by atoms with E-state index in [4.69, 9.17) is 23.1 Å². The van der Waals surface area contributed by atoms with Crippen LogP contribution in [0.5, 0.6) is 0 Å². The summed E-state index contributed by atoms with van der Waals surface area (Å²) >= 11 is 0. The molecule has 45 heavy (non-hydrogen) atoms. The highest BCUT2D eigenvalue weighted by Gasteiger charge is 2.73. The third-order valence-corrected chi connectivity index (χ3v) is 21.9. The lowest BCUT2D eigenvalue weighted by atomic mass is 9.49. The maximum absolute atomic E-state index is 13.4. The molecule has 0 aromatic carbocycles. The fourth-order valence-electron chi connectivity index (χ4n) is 8.51. The summed E-state index contributed by atoms with van der Waals surface area (Å²) in [4.78, 5) is 26.3. The molecule has 2 N–H and O–H groups in total. The van der Waals surface area contributed by atoms with Crippen LogP contribution in [0, 0.1) is 16.7 Å². The molecule has 1 aliphatic heterocycles. The van der Waals surface area contributed by atoms with E-state index in [9.17, 15) is 19.8 Å². The van der Waals surface area contributed by atoms with Gasteiger partial charge >= 0.3 is 12.1 Å². The largest absolute Gasteiger partial charge is 0.511 e. The zero-order chi connectivity index (χ0) is 34.1. The Balaban J connectivity index is 2.08. The highest BCUT2D eigenvalue weighted by Crippen LogP contribution is 2.65. The first-order valence-electron chi connectivity index (χ1n) is 16.8. The zero-order valence-electron chi connectivity index (χ0n) is 29.9. The van der Waals surface area contributed by atoms with E-state index in [0.29, 0.717) is 12.8 Å². The number of hydrogen-bond acceptors (Lipinski definition) is 9. The summed E-state index contributed by atoms with van der Waals surface area (Å²) < 4.78 is 32.1. The van der Waals surface area contributed by atoms with Gasteiger partial charge in [0, 0.05) is 23.7 Å². The number of aliphatic hydroxyl groups is 2. The van der Waals surface area contributed by atoms with Crippen LogP contribution in [0.4, 0.5) is 4.79 Å². The van der Waals surface area contributed by atoms with E-state index in [0.717, 1.165) is 29.3 Å². The Hall–Kier alpha value is -1.67. The summed E-state index contributed by atoms with van der Waals surface area (Å²) in [5, 5.41) is 23.8. The predicted octanol–water partition coefficient (Wildman–Crippen LogP) is 7.56. The fourth-order valence-corrected chi connectivity index (χ4v) is 12.6.